The summed E-state index contributed by atoms with van der Waals surface area (Å²) in [6.45, 7) is 9.55. The van der Waals surface area contributed by atoms with E-state index in [1.165, 1.54) is 4.90 Å². The highest BCUT2D eigenvalue weighted by Crippen LogP contribution is 2.21. The largest absolute Gasteiger partial charge is 0.444 e. The molecule has 0 aromatic heterocycles. The summed E-state index contributed by atoms with van der Waals surface area (Å²) >= 11 is 0. The van der Waals surface area contributed by atoms with Crippen LogP contribution in [0.3, 0.4) is 0 Å². The zero-order valence-corrected chi connectivity index (χ0v) is 21.3. The fraction of sp³-hybridized carbons (Fsp3) is 0.600. The van der Waals surface area contributed by atoms with Gasteiger partial charge in [-0.3, -0.25) is 24.7 Å². The number of nitrogens with two attached hydrogens (primary N) is 1. The number of amides is 4. The molecule has 10 nitrogen and oxygen atoms in total. The Bertz CT molecular complexity index is 884. The second kappa shape index (κ2) is 12.5. The first-order chi connectivity index (χ1) is 16.4. The average Bonchev–Trinajstić information content (AvgIpc) is 3.27. The molecular formula is C25H39N5O5. The highest BCUT2D eigenvalue weighted by Gasteiger charge is 2.38. The molecule has 3 atom stereocenters. The molecule has 1 aromatic rings. The van der Waals surface area contributed by atoms with Crippen LogP contribution < -0.4 is 21.9 Å². The predicted octanol–water partition coefficient (Wildman–Crippen LogP) is 1.63. The molecule has 10 heteroatoms. The van der Waals surface area contributed by atoms with Crippen LogP contribution in [0.2, 0.25) is 0 Å². The fourth-order valence-corrected chi connectivity index (χ4v) is 3.98. The topological polar surface area (TPSA) is 143 Å². The second-order valence-electron chi connectivity index (χ2n) is 10.3. The van der Waals surface area contributed by atoms with Gasteiger partial charge in [0.15, 0.2) is 0 Å². The second-order valence-corrected chi connectivity index (χ2v) is 10.3. The van der Waals surface area contributed by atoms with Crippen molar-refractivity contribution in [3.63, 3.8) is 0 Å². The van der Waals surface area contributed by atoms with Crippen LogP contribution in [0.5, 0.6) is 0 Å². The zero-order valence-electron chi connectivity index (χ0n) is 21.3. The summed E-state index contributed by atoms with van der Waals surface area (Å²) in [6, 6.07) is 6.72. The molecular weight excluding hydrogens is 450 g/mol. The molecule has 1 aromatic carbocycles. The summed E-state index contributed by atoms with van der Waals surface area (Å²) < 4.78 is 5.45. The van der Waals surface area contributed by atoms with Crippen LogP contribution in [0.25, 0.3) is 0 Å². The van der Waals surface area contributed by atoms with Gasteiger partial charge in [-0.1, -0.05) is 44.2 Å². The number of rotatable bonds is 9. The molecule has 1 fully saturated rings. The number of carbonyl (C=O) groups excluding carboxylic acids is 4. The third-order valence-corrected chi connectivity index (χ3v) is 5.58. The van der Waals surface area contributed by atoms with Gasteiger partial charge >= 0.3 is 6.09 Å². The number of likely N-dealkylation sites (tertiary alicyclic amines) is 1. The van der Waals surface area contributed by atoms with Crippen molar-refractivity contribution in [1.29, 1.82) is 0 Å². The maximum atomic E-state index is 13.3. The van der Waals surface area contributed by atoms with Crippen LogP contribution in [0.4, 0.5) is 4.79 Å². The van der Waals surface area contributed by atoms with E-state index in [2.05, 4.69) is 16.1 Å². The minimum atomic E-state index is -0.953. The first kappa shape index (κ1) is 28.1. The highest BCUT2D eigenvalue weighted by molar-refractivity contribution is 5.94. The van der Waals surface area contributed by atoms with Gasteiger partial charge in [0.1, 0.15) is 23.7 Å². The number of benzene rings is 1. The average molecular weight is 490 g/mol. The Kier molecular flexibility index (Phi) is 10.1. The number of carbonyl (C=O) groups is 4. The molecule has 5 N–H and O–H groups in total. The van der Waals surface area contributed by atoms with Gasteiger partial charge in [-0.2, -0.15) is 0 Å². The van der Waals surface area contributed by atoms with Gasteiger partial charge in [-0.05, 0) is 51.5 Å². The molecule has 1 aliphatic rings. The number of hydrogen-bond donors (Lipinski definition) is 4. The van der Waals surface area contributed by atoms with Crippen molar-refractivity contribution in [1.82, 2.24) is 21.0 Å². The minimum Gasteiger partial charge on any atom is -0.444 e. The molecule has 4 amide bonds. The molecule has 0 unspecified atom stereocenters. The van der Waals surface area contributed by atoms with Gasteiger partial charge in [0.05, 0.1) is 0 Å². The van der Waals surface area contributed by atoms with E-state index in [4.69, 9.17) is 10.6 Å². The van der Waals surface area contributed by atoms with Gasteiger partial charge in [0, 0.05) is 13.0 Å². The van der Waals surface area contributed by atoms with Gasteiger partial charge in [0.25, 0.3) is 5.91 Å². The van der Waals surface area contributed by atoms with E-state index in [0.29, 0.717) is 25.8 Å². The van der Waals surface area contributed by atoms with Gasteiger partial charge in [-0.25, -0.2) is 10.6 Å². The molecule has 194 valence electrons. The van der Waals surface area contributed by atoms with Crippen molar-refractivity contribution in [3.05, 3.63) is 35.9 Å². The quantitative estimate of drug-likeness (QED) is 0.236. The SMILES string of the molecule is CC(C)C[C@H](NC(=O)[C@H](Cc1ccccc1)NC(=O)[C@@H]1CCCN1C(=O)OC(C)(C)C)C(=O)NN. The lowest BCUT2D eigenvalue weighted by Crippen LogP contribution is -2.57. The maximum Gasteiger partial charge on any atom is 0.410 e. The molecule has 1 aliphatic heterocycles. The third kappa shape index (κ3) is 8.86. The summed E-state index contributed by atoms with van der Waals surface area (Å²) in [4.78, 5) is 52.8. The van der Waals surface area contributed by atoms with E-state index >= 15 is 0 Å². The summed E-state index contributed by atoms with van der Waals surface area (Å²) in [5, 5.41) is 5.54. The normalized spacial score (nSPS) is 17.5. The molecule has 2 rings (SSSR count). The predicted molar refractivity (Wildman–Crippen MR) is 132 cm³/mol. The molecule has 35 heavy (non-hydrogen) atoms. The monoisotopic (exact) mass is 489 g/mol. The summed E-state index contributed by atoms with van der Waals surface area (Å²) in [5.74, 6) is 3.98. The van der Waals surface area contributed by atoms with Crippen LogP contribution in [-0.4, -0.2) is 59.0 Å². The number of nitrogens with zero attached hydrogens (tertiary/aromatic N) is 1. The molecule has 0 spiro atoms. The number of ether oxygens (including phenoxy) is 1. The summed E-state index contributed by atoms with van der Waals surface area (Å²) in [7, 11) is 0. The standard InChI is InChI=1S/C25H39N5O5/c1-16(2)14-18(22(32)29-26)27-21(31)19(15-17-10-7-6-8-11-17)28-23(33)20-12-9-13-30(20)24(34)35-25(3,4)5/h6-8,10-11,16,18-20H,9,12-15,26H2,1-5H3,(H,27,31)(H,28,33)(H,29,32)/t18-,19-,20-/m0/s1. The van der Waals surface area contributed by atoms with Gasteiger partial charge in [0.2, 0.25) is 11.8 Å². The Hall–Kier alpha value is -3.14. The molecule has 0 radical (unpaired) electrons. The van der Waals surface area contributed by atoms with Crippen molar-refractivity contribution in [2.45, 2.75) is 84.0 Å². The molecule has 1 saturated heterocycles. The maximum absolute atomic E-state index is 13.3. The highest BCUT2D eigenvalue weighted by atomic mass is 16.6. The molecule has 0 aliphatic carbocycles. The minimum absolute atomic E-state index is 0.126. The Morgan fingerprint density at radius 3 is 2.29 bits per heavy atom. The van der Waals surface area contributed by atoms with E-state index < -0.39 is 47.5 Å². The Balaban J connectivity index is 2.20. The van der Waals surface area contributed by atoms with Crippen LogP contribution >= 0.6 is 0 Å². The van der Waals surface area contributed by atoms with Crippen molar-refractivity contribution in [3.8, 4) is 0 Å². The van der Waals surface area contributed by atoms with Crippen LogP contribution in [0.1, 0.15) is 59.4 Å². The Labute approximate surface area is 207 Å². The van der Waals surface area contributed by atoms with Crippen molar-refractivity contribution in [2.24, 2.45) is 11.8 Å². The molecule has 1 heterocycles. The molecule has 0 saturated carbocycles. The first-order valence-electron chi connectivity index (χ1n) is 12.1. The van der Waals surface area contributed by atoms with Crippen LogP contribution in [0.15, 0.2) is 30.3 Å². The fourth-order valence-electron chi connectivity index (χ4n) is 3.98. The summed E-state index contributed by atoms with van der Waals surface area (Å²) in [6.07, 6.45) is 1.17. The lowest BCUT2D eigenvalue weighted by Gasteiger charge is -2.29. The summed E-state index contributed by atoms with van der Waals surface area (Å²) in [5.41, 5.74) is 2.24. The van der Waals surface area contributed by atoms with E-state index in [-0.39, 0.29) is 12.3 Å². The van der Waals surface area contributed by atoms with Crippen molar-refractivity contribution < 1.29 is 23.9 Å². The third-order valence-electron chi connectivity index (χ3n) is 5.58. The van der Waals surface area contributed by atoms with Crippen molar-refractivity contribution in [2.75, 3.05) is 6.54 Å². The zero-order chi connectivity index (χ0) is 26.2. The lowest BCUT2D eigenvalue weighted by molar-refractivity contribution is -0.133. The Morgan fingerprint density at radius 1 is 1.06 bits per heavy atom. The van der Waals surface area contributed by atoms with E-state index in [0.717, 1.165) is 5.56 Å². The first-order valence-corrected chi connectivity index (χ1v) is 12.1. The van der Waals surface area contributed by atoms with E-state index in [1.807, 2.05) is 44.2 Å². The number of nitrogens with one attached hydrogen (secondary N) is 3. The lowest BCUT2D eigenvalue weighted by atomic mass is 10.0. The van der Waals surface area contributed by atoms with Gasteiger partial charge < -0.3 is 15.4 Å². The Morgan fingerprint density at radius 2 is 1.71 bits per heavy atom. The van der Waals surface area contributed by atoms with Crippen LogP contribution in [0, 0.1) is 5.92 Å². The van der Waals surface area contributed by atoms with Crippen molar-refractivity contribution >= 4 is 23.8 Å². The number of hydrazine groups is 1. The van der Waals surface area contributed by atoms with Crippen LogP contribution in [-0.2, 0) is 25.5 Å². The molecule has 0 bridgehead atoms. The van der Waals surface area contributed by atoms with E-state index in [1.54, 1.807) is 20.8 Å². The number of hydrogen-bond acceptors (Lipinski definition) is 6. The van der Waals surface area contributed by atoms with E-state index in [9.17, 15) is 19.2 Å². The van der Waals surface area contributed by atoms with Gasteiger partial charge in [-0.15, -0.1) is 0 Å². The smallest absolute Gasteiger partial charge is 0.410 e.